The molecule has 0 saturated heterocycles. The molecular weight excluding hydrogens is 272 g/mol. The van der Waals surface area contributed by atoms with Crippen molar-refractivity contribution in [3.8, 4) is 0 Å². The van der Waals surface area contributed by atoms with Crippen LogP contribution in [0.4, 0.5) is 13.6 Å². The maximum absolute atomic E-state index is 13.3. The lowest BCUT2D eigenvalue weighted by Crippen LogP contribution is -2.55. The molecule has 2 rings (SSSR count). The third kappa shape index (κ3) is 2.45. The lowest BCUT2D eigenvalue weighted by Gasteiger charge is -2.31. The molecular formula is C13H19F2NO4. The number of alkyl halides is 2. The highest BCUT2D eigenvalue weighted by molar-refractivity contribution is 5.86. The number of nitrogens with one attached hydrogen (secondary N) is 1. The van der Waals surface area contributed by atoms with Gasteiger partial charge in [0.1, 0.15) is 11.1 Å². The first-order valence-corrected chi connectivity index (χ1v) is 6.49. The fourth-order valence-corrected chi connectivity index (χ4v) is 2.87. The van der Waals surface area contributed by atoms with Gasteiger partial charge in [-0.25, -0.2) is 18.4 Å². The van der Waals surface area contributed by atoms with Crippen LogP contribution in [0.15, 0.2) is 0 Å². The van der Waals surface area contributed by atoms with Crippen molar-refractivity contribution in [1.82, 2.24) is 5.32 Å². The minimum absolute atomic E-state index is 0.115. The number of hydrogen-bond acceptors (Lipinski definition) is 4. The first-order valence-electron chi connectivity index (χ1n) is 6.49. The van der Waals surface area contributed by atoms with Crippen molar-refractivity contribution in [2.45, 2.75) is 50.7 Å². The van der Waals surface area contributed by atoms with Gasteiger partial charge in [-0.3, -0.25) is 0 Å². The van der Waals surface area contributed by atoms with E-state index in [1.54, 1.807) is 20.8 Å². The number of ether oxygens (including phenoxy) is 2. The summed E-state index contributed by atoms with van der Waals surface area (Å²) in [5.41, 5.74) is -2.12. The highest BCUT2D eigenvalue weighted by atomic mass is 19.3. The molecule has 0 heterocycles. The Morgan fingerprint density at radius 2 is 1.70 bits per heavy atom. The smallest absolute Gasteiger partial charge is 0.408 e. The maximum Gasteiger partial charge on any atom is 0.408 e. The largest absolute Gasteiger partial charge is 0.467 e. The Morgan fingerprint density at radius 1 is 1.20 bits per heavy atom. The first kappa shape index (κ1) is 15.0. The molecule has 0 radical (unpaired) electrons. The highest BCUT2D eigenvalue weighted by Crippen LogP contribution is 2.66. The Balaban J connectivity index is 2.08. The number of carbonyl (C=O) groups is 2. The van der Waals surface area contributed by atoms with Crippen LogP contribution in [0.5, 0.6) is 0 Å². The predicted octanol–water partition coefficient (Wildman–Crippen LogP) is 2.10. The quantitative estimate of drug-likeness (QED) is 0.791. The fourth-order valence-electron chi connectivity index (χ4n) is 2.87. The van der Waals surface area contributed by atoms with Gasteiger partial charge in [-0.15, -0.1) is 0 Å². The van der Waals surface area contributed by atoms with Crippen molar-refractivity contribution < 1.29 is 27.8 Å². The molecule has 2 atom stereocenters. The molecule has 0 unspecified atom stereocenters. The van der Waals surface area contributed by atoms with Crippen LogP contribution in [0.25, 0.3) is 0 Å². The van der Waals surface area contributed by atoms with Crippen molar-refractivity contribution in [2.75, 3.05) is 7.11 Å². The molecule has 0 aromatic heterocycles. The minimum Gasteiger partial charge on any atom is -0.467 e. The Bertz CT molecular complexity index is 430. The van der Waals surface area contributed by atoms with Crippen molar-refractivity contribution in [1.29, 1.82) is 0 Å². The van der Waals surface area contributed by atoms with Gasteiger partial charge in [-0.05, 0) is 33.6 Å². The van der Waals surface area contributed by atoms with Crippen LogP contribution >= 0.6 is 0 Å². The molecule has 2 aliphatic rings. The number of halogens is 2. The molecule has 7 heteroatoms. The van der Waals surface area contributed by atoms with E-state index in [9.17, 15) is 18.4 Å². The van der Waals surface area contributed by atoms with E-state index in [-0.39, 0.29) is 12.8 Å². The molecule has 0 aromatic rings. The Morgan fingerprint density at radius 3 is 2.10 bits per heavy atom. The number of carbonyl (C=O) groups excluding carboxylic acids is 2. The van der Waals surface area contributed by atoms with Gasteiger partial charge in [0.05, 0.1) is 7.11 Å². The number of hydrogen-bond donors (Lipinski definition) is 1. The lowest BCUT2D eigenvalue weighted by atomic mass is 9.92. The Labute approximate surface area is 116 Å². The van der Waals surface area contributed by atoms with E-state index in [1.165, 1.54) is 7.11 Å². The van der Waals surface area contributed by atoms with Crippen LogP contribution in [0.3, 0.4) is 0 Å². The topological polar surface area (TPSA) is 64.6 Å². The van der Waals surface area contributed by atoms with Gasteiger partial charge in [0.2, 0.25) is 0 Å². The second-order valence-electron chi connectivity index (χ2n) is 6.50. The van der Waals surface area contributed by atoms with E-state index in [1.807, 2.05) is 0 Å². The number of methoxy groups -OCH3 is 1. The van der Waals surface area contributed by atoms with E-state index >= 15 is 0 Å². The third-order valence-electron chi connectivity index (χ3n) is 3.82. The lowest BCUT2D eigenvalue weighted by molar-refractivity contribution is -0.149. The van der Waals surface area contributed by atoms with Gasteiger partial charge in [-0.2, -0.15) is 0 Å². The van der Waals surface area contributed by atoms with E-state index in [4.69, 9.17) is 4.74 Å². The average molecular weight is 291 g/mol. The zero-order chi connectivity index (χ0) is 15.3. The van der Waals surface area contributed by atoms with Crippen LogP contribution in [0.2, 0.25) is 0 Å². The second kappa shape index (κ2) is 4.30. The molecule has 0 aliphatic heterocycles. The fraction of sp³-hybridized carbons (Fsp3) is 0.846. The van der Waals surface area contributed by atoms with Crippen molar-refractivity contribution in [3.05, 3.63) is 0 Å². The number of esters is 1. The summed E-state index contributed by atoms with van der Waals surface area (Å²) in [6.45, 7) is 5.03. The molecule has 114 valence electrons. The zero-order valence-electron chi connectivity index (χ0n) is 12.0. The van der Waals surface area contributed by atoms with Crippen LogP contribution in [-0.2, 0) is 14.3 Å². The summed E-state index contributed by atoms with van der Waals surface area (Å²) in [6.07, 6.45) is -1.03. The molecule has 2 aliphatic carbocycles. The molecule has 2 fully saturated rings. The van der Waals surface area contributed by atoms with Crippen LogP contribution in [-0.4, -0.2) is 36.2 Å². The molecule has 1 amide bonds. The molecule has 1 N–H and O–H groups in total. The normalized spacial score (nSPS) is 29.3. The highest BCUT2D eigenvalue weighted by Gasteiger charge is 2.76. The summed E-state index contributed by atoms with van der Waals surface area (Å²) >= 11 is 0. The van der Waals surface area contributed by atoms with Crippen LogP contribution in [0.1, 0.15) is 33.6 Å². The molecule has 5 nitrogen and oxygen atoms in total. The summed E-state index contributed by atoms with van der Waals surface area (Å²) in [6, 6.07) is 0. The summed E-state index contributed by atoms with van der Waals surface area (Å²) in [5, 5.41) is 2.43. The molecule has 0 spiro atoms. The minimum atomic E-state index is -2.73. The van der Waals surface area contributed by atoms with E-state index in [2.05, 4.69) is 10.1 Å². The van der Waals surface area contributed by atoms with E-state index < -0.39 is 41.0 Å². The monoisotopic (exact) mass is 291 g/mol. The van der Waals surface area contributed by atoms with Crippen LogP contribution in [0, 0.1) is 11.8 Å². The molecule has 0 bridgehead atoms. The average Bonchev–Trinajstić information content (AvgIpc) is 2.67. The number of alkyl carbamates (subject to hydrolysis) is 1. The number of fused-ring (bicyclic) bond motifs is 1. The number of amides is 1. The summed E-state index contributed by atoms with van der Waals surface area (Å²) in [4.78, 5) is 23.7. The summed E-state index contributed by atoms with van der Waals surface area (Å²) < 4.78 is 36.3. The van der Waals surface area contributed by atoms with Gasteiger partial charge < -0.3 is 14.8 Å². The Kier molecular flexibility index (Phi) is 3.22. The third-order valence-corrected chi connectivity index (χ3v) is 3.82. The van der Waals surface area contributed by atoms with Crippen molar-refractivity contribution >= 4 is 12.1 Å². The van der Waals surface area contributed by atoms with Gasteiger partial charge in [0.15, 0.2) is 0 Å². The van der Waals surface area contributed by atoms with Crippen molar-refractivity contribution in [3.63, 3.8) is 0 Å². The van der Waals surface area contributed by atoms with Gasteiger partial charge in [0.25, 0.3) is 5.92 Å². The maximum atomic E-state index is 13.3. The van der Waals surface area contributed by atoms with Gasteiger partial charge in [0, 0.05) is 11.8 Å². The van der Waals surface area contributed by atoms with E-state index in [0.29, 0.717) is 0 Å². The second-order valence-corrected chi connectivity index (χ2v) is 6.50. The zero-order valence-corrected chi connectivity index (χ0v) is 12.0. The number of rotatable bonds is 2. The summed E-state index contributed by atoms with van der Waals surface area (Å²) in [5.74, 6) is -5.16. The SMILES string of the molecule is COC(=O)C1(NC(=O)OC(C)(C)C)C[C@@H]2[C@@H](C1)C2(F)F. The van der Waals surface area contributed by atoms with Crippen molar-refractivity contribution in [2.24, 2.45) is 11.8 Å². The summed E-state index contributed by atoms with van der Waals surface area (Å²) in [7, 11) is 1.17. The van der Waals surface area contributed by atoms with Gasteiger partial charge >= 0.3 is 12.1 Å². The van der Waals surface area contributed by atoms with E-state index in [0.717, 1.165) is 0 Å². The molecule has 2 saturated carbocycles. The Hall–Kier alpha value is -1.40. The standard InChI is InChI=1S/C13H19F2NO4/c1-11(2,3)20-10(18)16-12(9(17)19-4)5-7-8(6-12)13(7,14)15/h7-8H,5-6H2,1-4H3,(H,16,18)/t7-,8-/m1/s1. The first-order chi connectivity index (χ1) is 9.02. The van der Waals surface area contributed by atoms with Crippen LogP contribution < -0.4 is 5.32 Å². The predicted molar refractivity (Wildman–Crippen MR) is 65.3 cm³/mol. The molecule has 20 heavy (non-hydrogen) atoms. The van der Waals surface area contributed by atoms with Gasteiger partial charge in [-0.1, -0.05) is 0 Å². The molecule has 0 aromatic carbocycles.